The molecule has 0 saturated carbocycles. The number of rotatable bonds is 6. The Morgan fingerprint density at radius 1 is 1.05 bits per heavy atom. The molecule has 0 aromatic heterocycles. The molecule has 1 atom stereocenters. The van der Waals surface area contributed by atoms with Gasteiger partial charge in [-0.1, -0.05) is 60.2 Å². The lowest BCUT2D eigenvalue weighted by atomic mass is 10.1. The van der Waals surface area contributed by atoms with E-state index in [1.54, 1.807) is 0 Å². The maximum Gasteiger partial charge on any atom is 0.234 e. The zero-order valence-corrected chi connectivity index (χ0v) is 12.6. The van der Waals surface area contributed by atoms with Gasteiger partial charge < -0.3 is 10.6 Å². The molecule has 0 unspecified atom stereocenters. The summed E-state index contributed by atoms with van der Waals surface area (Å²) < 4.78 is 0. The minimum Gasteiger partial charge on any atom is -0.351 e. The van der Waals surface area contributed by atoms with Crippen LogP contribution in [0.5, 0.6) is 0 Å². The average molecular weight is 282 g/mol. The summed E-state index contributed by atoms with van der Waals surface area (Å²) in [4.78, 5) is 11.8. The summed E-state index contributed by atoms with van der Waals surface area (Å²) in [6.45, 7) is 5.02. The summed E-state index contributed by atoms with van der Waals surface area (Å²) in [6, 6.07) is 18.4. The lowest BCUT2D eigenvalue weighted by Crippen LogP contribution is -2.34. The van der Waals surface area contributed by atoms with Gasteiger partial charge >= 0.3 is 0 Å². The number of amides is 1. The van der Waals surface area contributed by atoms with Crippen molar-refractivity contribution in [3.63, 3.8) is 0 Å². The number of nitrogens with one attached hydrogen (secondary N) is 2. The highest BCUT2D eigenvalue weighted by Crippen LogP contribution is 2.12. The smallest absolute Gasteiger partial charge is 0.234 e. The van der Waals surface area contributed by atoms with Crippen LogP contribution in [0.3, 0.4) is 0 Å². The van der Waals surface area contributed by atoms with Crippen molar-refractivity contribution in [3.8, 4) is 0 Å². The van der Waals surface area contributed by atoms with Crippen molar-refractivity contribution >= 4 is 5.91 Å². The molecule has 0 aliphatic carbocycles. The molecule has 110 valence electrons. The third kappa shape index (κ3) is 5.04. The van der Waals surface area contributed by atoms with Crippen LogP contribution in [0.15, 0.2) is 54.6 Å². The van der Waals surface area contributed by atoms with E-state index in [1.807, 2.05) is 30.3 Å². The van der Waals surface area contributed by atoms with Gasteiger partial charge in [0.25, 0.3) is 0 Å². The number of hydrogen-bond acceptors (Lipinski definition) is 2. The van der Waals surface area contributed by atoms with Crippen LogP contribution in [0.1, 0.15) is 29.7 Å². The van der Waals surface area contributed by atoms with E-state index in [4.69, 9.17) is 0 Å². The zero-order valence-electron chi connectivity index (χ0n) is 12.6. The first-order valence-corrected chi connectivity index (χ1v) is 7.26. The van der Waals surface area contributed by atoms with Gasteiger partial charge in [0.05, 0.1) is 6.54 Å². The third-order valence-electron chi connectivity index (χ3n) is 3.48. The van der Waals surface area contributed by atoms with E-state index in [1.165, 1.54) is 11.1 Å². The molecule has 0 aliphatic heterocycles. The molecule has 0 fully saturated rings. The molecular weight excluding hydrogens is 260 g/mol. The van der Waals surface area contributed by atoms with Gasteiger partial charge in [0.2, 0.25) is 5.91 Å². The number of benzene rings is 2. The molecule has 2 aromatic rings. The monoisotopic (exact) mass is 282 g/mol. The van der Waals surface area contributed by atoms with Crippen LogP contribution in [0, 0.1) is 6.92 Å². The van der Waals surface area contributed by atoms with Crippen LogP contribution in [0.25, 0.3) is 0 Å². The molecule has 0 bridgehead atoms. The van der Waals surface area contributed by atoms with Crippen molar-refractivity contribution in [1.29, 1.82) is 0 Å². The van der Waals surface area contributed by atoms with E-state index < -0.39 is 0 Å². The Bertz CT molecular complexity index is 564. The van der Waals surface area contributed by atoms with Gasteiger partial charge in [0, 0.05) is 12.6 Å². The summed E-state index contributed by atoms with van der Waals surface area (Å²) in [7, 11) is 0. The van der Waals surface area contributed by atoms with E-state index in [-0.39, 0.29) is 11.9 Å². The normalized spacial score (nSPS) is 11.9. The van der Waals surface area contributed by atoms with Gasteiger partial charge in [-0.3, -0.25) is 4.79 Å². The first-order valence-electron chi connectivity index (χ1n) is 7.26. The molecule has 0 radical (unpaired) electrons. The molecule has 3 heteroatoms. The summed E-state index contributed by atoms with van der Waals surface area (Å²) >= 11 is 0. The SMILES string of the molecule is Cc1ccc([C@@H](C)NCC(=O)NCc2ccccc2)cc1. The Hall–Kier alpha value is -2.13. The summed E-state index contributed by atoms with van der Waals surface area (Å²) in [5, 5.41) is 6.16. The fourth-order valence-electron chi connectivity index (χ4n) is 2.08. The maximum atomic E-state index is 11.8. The molecule has 1 amide bonds. The van der Waals surface area contributed by atoms with Crippen LogP contribution < -0.4 is 10.6 Å². The molecule has 0 aliphatic rings. The standard InChI is InChI=1S/C18H22N2O/c1-14-8-10-17(11-9-14)15(2)19-13-18(21)20-12-16-6-4-3-5-7-16/h3-11,15,19H,12-13H2,1-2H3,(H,20,21)/t15-/m1/s1. The molecule has 0 spiro atoms. The summed E-state index contributed by atoms with van der Waals surface area (Å²) in [6.07, 6.45) is 0. The lowest BCUT2D eigenvalue weighted by Gasteiger charge is -2.14. The van der Waals surface area contributed by atoms with Gasteiger partial charge in [-0.05, 0) is 25.0 Å². The van der Waals surface area contributed by atoms with Crippen LogP contribution in [0.2, 0.25) is 0 Å². The average Bonchev–Trinajstić information content (AvgIpc) is 2.52. The van der Waals surface area contributed by atoms with Crippen molar-refractivity contribution in [2.75, 3.05) is 6.54 Å². The Morgan fingerprint density at radius 2 is 1.71 bits per heavy atom. The Kier molecular flexibility index (Phi) is 5.52. The van der Waals surface area contributed by atoms with Crippen molar-refractivity contribution < 1.29 is 4.79 Å². The highest BCUT2D eigenvalue weighted by molar-refractivity contribution is 5.78. The van der Waals surface area contributed by atoms with E-state index in [0.29, 0.717) is 13.1 Å². The predicted octanol–water partition coefficient (Wildman–Crippen LogP) is 2.96. The predicted molar refractivity (Wildman–Crippen MR) is 85.9 cm³/mol. The molecule has 2 aromatic carbocycles. The molecule has 0 heterocycles. The lowest BCUT2D eigenvalue weighted by molar-refractivity contribution is -0.120. The minimum atomic E-state index is 0.0119. The highest BCUT2D eigenvalue weighted by atomic mass is 16.1. The summed E-state index contributed by atoms with van der Waals surface area (Å²) in [5.74, 6) is 0.0119. The number of carbonyl (C=O) groups is 1. The minimum absolute atomic E-state index is 0.0119. The van der Waals surface area contributed by atoms with Crippen molar-refractivity contribution in [3.05, 3.63) is 71.3 Å². The van der Waals surface area contributed by atoms with E-state index in [9.17, 15) is 4.79 Å². The van der Waals surface area contributed by atoms with Crippen LogP contribution in [0.4, 0.5) is 0 Å². The van der Waals surface area contributed by atoms with Gasteiger partial charge in [-0.25, -0.2) is 0 Å². The van der Waals surface area contributed by atoms with E-state index >= 15 is 0 Å². The maximum absolute atomic E-state index is 11.8. The fraction of sp³-hybridized carbons (Fsp3) is 0.278. The largest absolute Gasteiger partial charge is 0.351 e. The Balaban J connectivity index is 1.74. The topological polar surface area (TPSA) is 41.1 Å². The molecular formula is C18H22N2O. The fourth-order valence-corrected chi connectivity index (χ4v) is 2.08. The first kappa shape index (κ1) is 15.3. The van der Waals surface area contributed by atoms with Crippen LogP contribution in [-0.4, -0.2) is 12.5 Å². The zero-order chi connectivity index (χ0) is 15.1. The van der Waals surface area contributed by atoms with Crippen LogP contribution >= 0.6 is 0 Å². The second kappa shape index (κ2) is 7.60. The van der Waals surface area contributed by atoms with E-state index in [2.05, 4.69) is 48.7 Å². The number of aryl methyl sites for hydroxylation is 1. The quantitative estimate of drug-likeness (QED) is 0.855. The highest BCUT2D eigenvalue weighted by Gasteiger charge is 2.07. The van der Waals surface area contributed by atoms with E-state index in [0.717, 1.165) is 5.56 Å². The van der Waals surface area contributed by atoms with Crippen molar-refractivity contribution in [1.82, 2.24) is 10.6 Å². The molecule has 21 heavy (non-hydrogen) atoms. The first-order chi connectivity index (χ1) is 10.1. The third-order valence-corrected chi connectivity index (χ3v) is 3.48. The Morgan fingerprint density at radius 3 is 2.38 bits per heavy atom. The number of carbonyl (C=O) groups excluding carboxylic acids is 1. The molecule has 2 N–H and O–H groups in total. The van der Waals surface area contributed by atoms with Crippen molar-refractivity contribution in [2.45, 2.75) is 26.4 Å². The van der Waals surface area contributed by atoms with Gasteiger partial charge in [-0.15, -0.1) is 0 Å². The second-order valence-corrected chi connectivity index (χ2v) is 5.28. The summed E-state index contributed by atoms with van der Waals surface area (Å²) in [5.41, 5.74) is 3.54. The molecule has 2 rings (SSSR count). The number of hydrogen-bond donors (Lipinski definition) is 2. The van der Waals surface area contributed by atoms with Crippen molar-refractivity contribution in [2.24, 2.45) is 0 Å². The van der Waals surface area contributed by atoms with Gasteiger partial charge in [-0.2, -0.15) is 0 Å². The Labute approximate surface area is 126 Å². The van der Waals surface area contributed by atoms with Gasteiger partial charge in [0.1, 0.15) is 0 Å². The van der Waals surface area contributed by atoms with Crippen LogP contribution in [-0.2, 0) is 11.3 Å². The second-order valence-electron chi connectivity index (χ2n) is 5.28. The molecule has 3 nitrogen and oxygen atoms in total. The molecule has 0 saturated heterocycles. The van der Waals surface area contributed by atoms with Gasteiger partial charge in [0.15, 0.2) is 0 Å².